The minimum Gasteiger partial charge on any atom is -0.465 e. The van der Waals surface area contributed by atoms with E-state index >= 15 is 0 Å². The van der Waals surface area contributed by atoms with E-state index in [4.69, 9.17) is 14.6 Å². The van der Waals surface area contributed by atoms with E-state index in [9.17, 15) is 14.0 Å². The molecule has 0 spiro atoms. The summed E-state index contributed by atoms with van der Waals surface area (Å²) in [5, 5.41) is 17.5. The van der Waals surface area contributed by atoms with Crippen LogP contribution in [-0.4, -0.2) is 80.7 Å². The maximum absolute atomic E-state index is 14.0. The molecule has 3 amide bonds. The van der Waals surface area contributed by atoms with Crippen LogP contribution in [0.3, 0.4) is 0 Å². The zero-order valence-corrected chi connectivity index (χ0v) is 22.1. The molecule has 1 aliphatic carbocycles. The van der Waals surface area contributed by atoms with Gasteiger partial charge < -0.3 is 35.4 Å². The van der Waals surface area contributed by atoms with E-state index in [1.807, 2.05) is 18.0 Å². The molecule has 1 saturated heterocycles. The number of piperidine rings is 1. The van der Waals surface area contributed by atoms with Gasteiger partial charge in [-0.2, -0.15) is 0 Å². The average molecular weight is 523 g/mol. The molecular weight excluding hydrogens is 479 g/mol. The van der Waals surface area contributed by atoms with Gasteiger partial charge in [0, 0.05) is 45.2 Å². The van der Waals surface area contributed by atoms with E-state index in [0.29, 0.717) is 25.2 Å². The van der Waals surface area contributed by atoms with E-state index in [1.54, 1.807) is 13.2 Å². The van der Waals surface area contributed by atoms with E-state index in [0.717, 1.165) is 38.5 Å². The number of halogens is 1. The van der Waals surface area contributed by atoms with Crippen molar-refractivity contribution < 1.29 is 28.6 Å². The number of carbonyl (C=O) groups excluding carboxylic acids is 1. The van der Waals surface area contributed by atoms with Crippen molar-refractivity contribution >= 4 is 12.1 Å². The van der Waals surface area contributed by atoms with Crippen molar-refractivity contribution in [2.45, 2.75) is 69.1 Å². The molecule has 3 atom stereocenters. The van der Waals surface area contributed by atoms with E-state index in [-0.39, 0.29) is 42.6 Å². The van der Waals surface area contributed by atoms with Gasteiger partial charge >= 0.3 is 12.1 Å². The van der Waals surface area contributed by atoms with Gasteiger partial charge in [-0.25, -0.2) is 14.0 Å². The lowest BCUT2D eigenvalue weighted by Gasteiger charge is -2.38. The number of carboxylic acid groups (broad SMARTS) is 1. The maximum atomic E-state index is 14.0. The van der Waals surface area contributed by atoms with Gasteiger partial charge in [-0.15, -0.1) is 0 Å². The van der Waals surface area contributed by atoms with Crippen molar-refractivity contribution in [1.82, 2.24) is 20.9 Å². The second-order valence-electron chi connectivity index (χ2n) is 10.3. The molecule has 1 aromatic carbocycles. The first-order valence-electron chi connectivity index (χ1n) is 13.4. The van der Waals surface area contributed by atoms with E-state index in [1.165, 1.54) is 25.0 Å². The molecule has 1 aliphatic heterocycles. The van der Waals surface area contributed by atoms with Gasteiger partial charge in [-0.1, -0.05) is 25.0 Å². The van der Waals surface area contributed by atoms with Crippen molar-refractivity contribution in [3.05, 3.63) is 35.6 Å². The third kappa shape index (κ3) is 8.83. The second kappa shape index (κ2) is 14.5. The fraction of sp³-hybridized carbons (Fsp3) is 0.704. The molecule has 0 unspecified atom stereocenters. The van der Waals surface area contributed by atoms with Gasteiger partial charge in [0.2, 0.25) is 0 Å². The van der Waals surface area contributed by atoms with E-state index in [2.05, 4.69) is 16.0 Å². The second-order valence-corrected chi connectivity index (χ2v) is 10.3. The summed E-state index contributed by atoms with van der Waals surface area (Å²) in [4.78, 5) is 25.9. The van der Waals surface area contributed by atoms with Crippen LogP contribution in [0, 0.1) is 11.7 Å². The molecule has 10 heteroatoms. The Labute approximate surface area is 219 Å². The predicted molar refractivity (Wildman–Crippen MR) is 139 cm³/mol. The third-order valence-corrected chi connectivity index (χ3v) is 7.70. The molecule has 37 heavy (non-hydrogen) atoms. The largest absolute Gasteiger partial charge is 0.465 e. The van der Waals surface area contributed by atoms with Crippen LogP contribution >= 0.6 is 0 Å². The number of ether oxygens (including phenoxy) is 2. The van der Waals surface area contributed by atoms with Gasteiger partial charge in [0.1, 0.15) is 5.82 Å². The Morgan fingerprint density at radius 1 is 1.27 bits per heavy atom. The summed E-state index contributed by atoms with van der Waals surface area (Å²) in [7, 11) is 3.68. The molecule has 3 rings (SSSR count). The number of likely N-dealkylation sites (N-methyl/N-ethyl adjacent to an activating group) is 1. The molecular formula is C27H43FN4O5. The number of nitrogens with zero attached hydrogens (tertiary/aromatic N) is 1. The minimum atomic E-state index is -1.12. The van der Waals surface area contributed by atoms with Crippen LogP contribution in [0.2, 0.25) is 0 Å². The monoisotopic (exact) mass is 522 g/mol. The van der Waals surface area contributed by atoms with Gasteiger partial charge in [0.15, 0.2) is 0 Å². The summed E-state index contributed by atoms with van der Waals surface area (Å²) in [6.45, 7) is 2.09. The lowest BCUT2D eigenvalue weighted by atomic mass is 9.88. The molecule has 0 radical (unpaired) electrons. The maximum Gasteiger partial charge on any atom is 0.404 e. The number of carbonyl (C=O) groups is 2. The number of hydrogen-bond donors (Lipinski definition) is 4. The number of amides is 3. The number of nitrogens with one attached hydrogen (secondary N) is 3. The van der Waals surface area contributed by atoms with Gasteiger partial charge in [0.25, 0.3) is 0 Å². The quantitative estimate of drug-likeness (QED) is 0.293. The van der Waals surface area contributed by atoms with Crippen LogP contribution in [0.5, 0.6) is 0 Å². The lowest BCUT2D eigenvalue weighted by Crippen LogP contribution is -2.51. The van der Waals surface area contributed by atoms with Crippen LogP contribution in [0.25, 0.3) is 0 Å². The van der Waals surface area contributed by atoms with Crippen LogP contribution < -0.4 is 16.0 Å². The smallest absolute Gasteiger partial charge is 0.404 e. The summed E-state index contributed by atoms with van der Waals surface area (Å²) >= 11 is 0. The Morgan fingerprint density at radius 2 is 2.05 bits per heavy atom. The third-order valence-electron chi connectivity index (χ3n) is 7.70. The zero-order valence-electron chi connectivity index (χ0n) is 22.1. The molecule has 1 saturated carbocycles. The molecule has 1 aromatic rings. The number of likely N-dealkylation sites (tertiary alicyclic amines) is 1. The molecule has 0 aromatic heterocycles. The highest BCUT2D eigenvalue weighted by Gasteiger charge is 2.35. The Kier molecular flexibility index (Phi) is 11.4. The highest BCUT2D eigenvalue weighted by molar-refractivity contribution is 5.74. The highest BCUT2D eigenvalue weighted by Crippen LogP contribution is 2.37. The Balaban J connectivity index is 1.62. The van der Waals surface area contributed by atoms with Crippen molar-refractivity contribution in [1.29, 1.82) is 0 Å². The van der Waals surface area contributed by atoms with Crippen LogP contribution in [0.1, 0.15) is 63.0 Å². The summed E-state index contributed by atoms with van der Waals surface area (Å²) < 4.78 is 25.9. The average Bonchev–Trinajstić information content (AvgIpc) is 3.37. The number of rotatable bonds is 13. The zero-order chi connectivity index (χ0) is 26.7. The van der Waals surface area contributed by atoms with Gasteiger partial charge in [-0.3, -0.25) is 0 Å². The predicted octanol–water partition coefficient (Wildman–Crippen LogP) is 3.90. The SMILES string of the molecule is CNC[C@H](CCC1(OC)CCCC1)NC(=O)N1CCC[C@@H]([C@@H](OCCNC(=O)O)c2cccc(F)c2)C1. The minimum absolute atomic E-state index is 0.0112. The standard InChI is InChI=1S/C27H43FN4O5/c1-29-18-23(10-13-27(36-2)11-3-4-12-27)31-25(33)32-15-6-8-21(19-32)24(37-16-14-30-26(34)35)20-7-5-9-22(28)17-20/h5,7,9,17,21,23-24,29-30H,3-4,6,8,10-16,18-19H2,1-2H3,(H,31,33)(H,34,35)/t21-,23+,24+/m1/s1. The molecule has 9 nitrogen and oxygen atoms in total. The number of methoxy groups -OCH3 is 1. The first kappa shape index (κ1) is 29.1. The molecule has 1 heterocycles. The van der Waals surface area contributed by atoms with Crippen LogP contribution in [0.4, 0.5) is 14.0 Å². The molecule has 208 valence electrons. The number of benzene rings is 1. The fourth-order valence-corrected chi connectivity index (χ4v) is 5.72. The summed E-state index contributed by atoms with van der Waals surface area (Å²) in [6, 6.07) is 6.18. The molecule has 4 N–H and O–H groups in total. The van der Waals surface area contributed by atoms with Crippen molar-refractivity contribution in [3.8, 4) is 0 Å². The number of hydrogen-bond acceptors (Lipinski definition) is 5. The Hall–Kier alpha value is -2.43. The molecule has 2 aliphatic rings. The van der Waals surface area contributed by atoms with Gasteiger partial charge in [0.05, 0.1) is 18.3 Å². The fourth-order valence-electron chi connectivity index (χ4n) is 5.72. The molecule has 0 bridgehead atoms. The van der Waals surface area contributed by atoms with Crippen LogP contribution in [0.15, 0.2) is 24.3 Å². The van der Waals surface area contributed by atoms with Crippen LogP contribution in [-0.2, 0) is 9.47 Å². The Bertz CT molecular complexity index is 867. The molecule has 2 fully saturated rings. The van der Waals surface area contributed by atoms with Crippen molar-refractivity contribution in [2.75, 3.05) is 46.9 Å². The highest BCUT2D eigenvalue weighted by atomic mass is 19.1. The summed E-state index contributed by atoms with van der Waals surface area (Å²) in [6.07, 6.45) is 6.34. The summed E-state index contributed by atoms with van der Waals surface area (Å²) in [5.41, 5.74) is 0.620. The first-order valence-corrected chi connectivity index (χ1v) is 13.4. The number of urea groups is 1. The Morgan fingerprint density at radius 3 is 2.73 bits per heavy atom. The van der Waals surface area contributed by atoms with Gasteiger partial charge in [-0.05, 0) is 63.3 Å². The first-order chi connectivity index (χ1) is 17.9. The summed E-state index contributed by atoms with van der Waals surface area (Å²) in [5.74, 6) is -0.393. The van der Waals surface area contributed by atoms with Crippen molar-refractivity contribution in [3.63, 3.8) is 0 Å². The van der Waals surface area contributed by atoms with E-state index < -0.39 is 12.2 Å². The topological polar surface area (TPSA) is 112 Å². The lowest BCUT2D eigenvalue weighted by molar-refractivity contribution is -0.0151. The van der Waals surface area contributed by atoms with Crippen molar-refractivity contribution in [2.24, 2.45) is 5.92 Å². The normalized spacial score (nSPS) is 20.8.